The van der Waals surface area contributed by atoms with Crippen molar-refractivity contribution in [1.29, 1.82) is 0 Å². The molecule has 1 aliphatic rings. The summed E-state index contributed by atoms with van der Waals surface area (Å²) in [5, 5.41) is 7.01. The molecule has 4 nitrogen and oxygen atoms in total. The topological polar surface area (TPSA) is 39.7 Å². The first-order valence-electron chi connectivity index (χ1n) is 8.99. The molecule has 0 spiro atoms. The Hall–Kier alpha value is -0.470. The molecular weight excluding hydrogens is 443 g/mol. The van der Waals surface area contributed by atoms with Crippen LogP contribution in [-0.4, -0.2) is 55.4 Å². The van der Waals surface area contributed by atoms with Crippen LogP contribution in [0.25, 0.3) is 0 Å². The van der Waals surface area contributed by atoms with E-state index >= 15 is 0 Å². The molecule has 2 N–H and O–H groups in total. The molecule has 0 bridgehead atoms. The van der Waals surface area contributed by atoms with Gasteiger partial charge in [0.05, 0.1) is 0 Å². The van der Waals surface area contributed by atoms with E-state index in [0.717, 1.165) is 18.3 Å². The standard InChI is InChI=1S/C19H32N4S.HI/c1-15(2)23-12-9-17(10-13-23)22-19(20-4)21-11-14-24-18-7-5-16(3)6-8-18;/h5-8,15,17H,9-14H2,1-4H3,(H2,20,21,22);1H. The van der Waals surface area contributed by atoms with Crippen LogP contribution in [0.1, 0.15) is 32.3 Å². The maximum atomic E-state index is 4.36. The average molecular weight is 476 g/mol. The van der Waals surface area contributed by atoms with E-state index in [1.54, 1.807) is 0 Å². The van der Waals surface area contributed by atoms with Crippen LogP contribution >= 0.6 is 35.7 Å². The van der Waals surface area contributed by atoms with Crippen molar-refractivity contribution < 1.29 is 0 Å². The zero-order valence-corrected chi connectivity index (χ0v) is 19.1. The van der Waals surface area contributed by atoms with Crippen LogP contribution in [0.2, 0.25) is 0 Å². The molecule has 0 amide bonds. The lowest BCUT2D eigenvalue weighted by Crippen LogP contribution is -2.50. The van der Waals surface area contributed by atoms with Crippen LogP contribution in [0.3, 0.4) is 0 Å². The van der Waals surface area contributed by atoms with Crippen LogP contribution in [0.15, 0.2) is 34.2 Å². The first-order valence-corrected chi connectivity index (χ1v) is 9.97. The fraction of sp³-hybridized carbons (Fsp3) is 0.632. The van der Waals surface area contributed by atoms with Crippen molar-refractivity contribution in [3.05, 3.63) is 29.8 Å². The highest BCUT2D eigenvalue weighted by molar-refractivity contribution is 14.0. The number of benzene rings is 1. The molecule has 1 aromatic carbocycles. The Morgan fingerprint density at radius 2 is 1.88 bits per heavy atom. The molecule has 0 saturated carbocycles. The Morgan fingerprint density at radius 3 is 2.44 bits per heavy atom. The second kappa shape index (κ2) is 12.0. The van der Waals surface area contributed by atoms with Crippen molar-refractivity contribution in [2.75, 3.05) is 32.4 Å². The quantitative estimate of drug-likeness (QED) is 0.216. The van der Waals surface area contributed by atoms with Gasteiger partial charge < -0.3 is 15.5 Å². The van der Waals surface area contributed by atoms with E-state index in [-0.39, 0.29) is 24.0 Å². The van der Waals surface area contributed by atoms with Crippen molar-refractivity contribution >= 4 is 41.7 Å². The summed E-state index contributed by atoms with van der Waals surface area (Å²) in [4.78, 5) is 8.24. The zero-order chi connectivity index (χ0) is 17.4. The molecule has 1 aromatic rings. The number of aliphatic imine (C=N–C) groups is 1. The maximum Gasteiger partial charge on any atom is 0.191 e. The number of likely N-dealkylation sites (tertiary alicyclic amines) is 1. The summed E-state index contributed by atoms with van der Waals surface area (Å²) in [7, 11) is 1.85. The highest BCUT2D eigenvalue weighted by Gasteiger charge is 2.21. The number of nitrogens with one attached hydrogen (secondary N) is 2. The number of piperidine rings is 1. The normalized spacial score (nSPS) is 16.6. The molecule has 0 unspecified atom stereocenters. The van der Waals surface area contributed by atoms with E-state index < -0.39 is 0 Å². The predicted molar refractivity (Wildman–Crippen MR) is 122 cm³/mol. The van der Waals surface area contributed by atoms with E-state index in [1.807, 2.05) is 18.8 Å². The molecule has 2 rings (SSSR count). The lowest BCUT2D eigenvalue weighted by Gasteiger charge is -2.35. The average Bonchev–Trinajstić information content (AvgIpc) is 2.59. The van der Waals surface area contributed by atoms with Gasteiger partial charge in [-0.2, -0.15) is 0 Å². The molecule has 25 heavy (non-hydrogen) atoms. The minimum atomic E-state index is 0. The van der Waals surface area contributed by atoms with Crippen LogP contribution < -0.4 is 10.6 Å². The molecule has 0 radical (unpaired) electrons. The van der Waals surface area contributed by atoms with Crippen LogP contribution in [0, 0.1) is 6.92 Å². The van der Waals surface area contributed by atoms with Gasteiger partial charge in [0.15, 0.2) is 5.96 Å². The van der Waals surface area contributed by atoms with E-state index in [0.29, 0.717) is 12.1 Å². The van der Waals surface area contributed by atoms with Gasteiger partial charge in [0.2, 0.25) is 0 Å². The highest BCUT2D eigenvalue weighted by Crippen LogP contribution is 2.17. The Labute approximate surface area is 174 Å². The first kappa shape index (κ1) is 22.6. The fourth-order valence-corrected chi connectivity index (χ4v) is 3.69. The van der Waals surface area contributed by atoms with Crippen LogP contribution in [0.4, 0.5) is 0 Å². The van der Waals surface area contributed by atoms with Crippen LogP contribution in [0.5, 0.6) is 0 Å². The number of hydrogen-bond acceptors (Lipinski definition) is 3. The van der Waals surface area contributed by atoms with Gasteiger partial charge in [-0.1, -0.05) is 17.7 Å². The number of guanidine groups is 1. The molecule has 1 fully saturated rings. The van der Waals surface area contributed by atoms with Crippen molar-refractivity contribution in [2.24, 2.45) is 4.99 Å². The Bertz CT molecular complexity index is 511. The number of thioether (sulfide) groups is 1. The SMILES string of the molecule is CN=C(NCCSc1ccc(C)cc1)NC1CCN(C(C)C)CC1.I. The maximum absolute atomic E-state index is 4.36. The van der Waals surface area contributed by atoms with Crippen molar-refractivity contribution in [3.63, 3.8) is 0 Å². The Morgan fingerprint density at radius 1 is 1.24 bits per heavy atom. The zero-order valence-electron chi connectivity index (χ0n) is 15.9. The third kappa shape index (κ3) is 8.17. The summed E-state index contributed by atoms with van der Waals surface area (Å²) in [6, 6.07) is 9.91. The molecule has 142 valence electrons. The second-order valence-electron chi connectivity index (χ2n) is 6.71. The number of aryl methyl sites for hydroxylation is 1. The van der Waals surface area contributed by atoms with Gasteiger partial charge in [0.25, 0.3) is 0 Å². The number of halogens is 1. The first-order chi connectivity index (χ1) is 11.6. The molecule has 0 aromatic heterocycles. The molecule has 1 saturated heterocycles. The van der Waals surface area contributed by atoms with Gasteiger partial charge in [-0.05, 0) is 45.7 Å². The molecule has 6 heteroatoms. The van der Waals surface area contributed by atoms with E-state index in [1.165, 1.54) is 36.4 Å². The van der Waals surface area contributed by atoms with Gasteiger partial charge in [0, 0.05) is 49.4 Å². The number of nitrogens with zero attached hydrogens (tertiary/aromatic N) is 2. The lowest BCUT2D eigenvalue weighted by molar-refractivity contribution is 0.167. The van der Waals surface area contributed by atoms with Crippen molar-refractivity contribution in [3.8, 4) is 0 Å². The van der Waals surface area contributed by atoms with Crippen molar-refractivity contribution in [1.82, 2.24) is 15.5 Å². The Kier molecular flexibility index (Phi) is 10.8. The monoisotopic (exact) mass is 476 g/mol. The largest absolute Gasteiger partial charge is 0.356 e. The van der Waals surface area contributed by atoms with E-state index in [2.05, 4.69) is 65.6 Å². The summed E-state index contributed by atoms with van der Waals surface area (Å²) in [6.07, 6.45) is 2.38. The highest BCUT2D eigenvalue weighted by atomic mass is 127. The minimum absolute atomic E-state index is 0. The van der Waals surface area contributed by atoms with Gasteiger partial charge in [0.1, 0.15) is 0 Å². The lowest BCUT2D eigenvalue weighted by atomic mass is 10.0. The van der Waals surface area contributed by atoms with Gasteiger partial charge in [-0.3, -0.25) is 4.99 Å². The number of rotatable bonds is 6. The summed E-state index contributed by atoms with van der Waals surface area (Å²) < 4.78 is 0. The molecule has 1 heterocycles. The number of hydrogen-bond donors (Lipinski definition) is 2. The van der Waals surface area contributed by atoms with Gasteiger partial charge in [-0.25, -0.2) is 0 Å². The van der Waals surface area contributed by atoms with E-state index in [4.69, 9.17) is 0 Å². The van der Waals surface area contributed by atoms with Crippen LogP contribution in [-0.2, 0) is 0 Å². The minimum Gasteiger partial charge on any atom is -0.356 e. The summed E-state index contributed by atoms with van der Waals surface area (Å²) in [5.74, 6) is 1.97. The smallest absolute Gasteiger partial charge is 0.191 e. The summed E-state index contributed by atoms with van der Waals surface area (Å²) in [5.41, 5.74) is 1.31. The molecule has 0 atom stereocenters. The predicted octanol–water partition coefficient (Wildman–Crippen LogP) is 3.74. The van der Waals surface area contributed by atoms with E-state index in [9.17, 15) is 0 Å². The molecular formula is C19H33IN4S. The molecule has 0 aliphatic carbocycles. The summed E-state index contributed by atoms with van der Waals surface area (Å²) >= 11 is 1.88. The third-order valence-electron chi connectivity index (χ3n) is 4.51. The van der Waals surface area contributed by atoms with Gasteiger partial charge in [-0.15, -0.1) is 35.7 Å². The second-order valence-corrected chi connectivity index (χ2v) is 7.88. The molecule has 1 aliphatic heterocycles. The van der Waals surface area contributed by atoms with Gasteiger partial charge >= 0.3 is 0 Å². The third-order valence-corrected chi connectivity index (χ3v) is 5.52. The summed E-state index contributed by atoms with van der Waals surface area (Å²) in [6.45, 7) is 9.95. The van der Waals surface area contributed by atoms with Crippen molar-refractivity contribution in [2.45, 2.75) is 50.6 Å². The Balaban J connectivity index is 0.00000312. The fourth-order valence-electron chi connectivity index (χ4n) is 2.92.